The zero-order chi connectivity index (χ0) is 14.0. The average molecular weight is 287 g/mol. The van der Waals surface area contributed by atoms with E-state index in [1.807, 2.05) is 4.90 Å². The summed E-state index contributed by atoms with van der Waals surface area (Å²) in [5.41, 5.74) is 0.703. The Bertz CT molecular complexity index is 431. The van der Waals surface area contributed by atoms with Gasteiger partial charge >= 0.3 is 0 Å². The molecule has 2 rings (SSSR count). The number of anilines is 1. The number of benzene rings is 1. The molecule has 0 amide bonds. The number of hydrogen-bond acceptors (Lipinski definition) is 4. The highest BCUT2D eigenvalue weighted by Gasteiger charge is 2.22. The van der Waals surface area contributed by atoms with Crippen LogP contribution in [0.25, 0.3) is 0 Å². The van der Waals surface area contributed by atoms with Gasteiger partial charge in [0.2, 0.25) is 0 Å². The maximum atomic E-state index is 14.0. The summed E-state index contributed by atoms with van der Waals surface area (Å²) >= 11 is 1.70. The van der Waals surface area contributed by atoms with Crippen LogP contribution in [0.4, 0.5) is 14.5 Å². The van der Waals surface area contributed by atoms with Crippen LogP contribution in [0.2, 0.25) is 0 Å². The molecule has 3 nitrogen and oxygen atoms in total. The standard InChI is InChI=1S/C13H19F2N3S/c1-4-18-8-17(9-19-18)7-11-12(14)5-10(16(2)3)6-13(11)15/h5-6H,4,7-9H2,1-3H3. The molecule has 1 aliphatic rings. The molecule has 0 aliphatic carbocycles. The Morgan fingerprint density at radius 3 is 2.37 bits per heavy atom. The third kappa shape index (κ3) is 3.38. The van der Waals surface area contributed by atoms with E-state index in [0.717, 1.165) is 19.1 Å². The summed E-state index contributed by atoms with van der Waals surface area (Å²) in [6.45, 7) is 4.07. The maximum absolute atomic E-state index is 14.0. The molecule has 1 aliphatic heterocycles. The largest absolute Gasteiger partial charge is 0.377 e. The van der Waals surface area contributed by atoms with E-state index in [1.54, 1.807) is 30.9 Å². The highest BCUT2D eigenvalue weighted by atomic mass is 32.2. The Hall–Kier alpha value is -0.850. The van der Waals surface area contributed by atoms with Crippen molar-refractivity contribution in [2.75, 3.05) is 38.1 Å². The Morgan fingerprint density at radius 1 is 1.26 bits per heavy atom. The second kappa shape index (κ2) is 6.07. The van der Waals surface area contributed by atoms with Gasteiger partial charge in [-0.1, -0.05) is 18.9 Å². The molecular formula is C13H19F2N3S. The van der Waals surface area contributed by atoms with Gasteiger partial charge in [0.25, 0.3) is 0 Å². The van der Waals surface area contributed by atoms with Gasteiger partial charge < -0.3 is 4.90 Å². The molecule has 0 spiro atoms. The fraction of sp³-hybridized carbons (Fsp3) is 0.538. The van der Waals surface area contributed by atoms with Crippen molar-refractivity contribution >= 4 is 17.6 Å². The highest BCUT2D eigenvalue weighted by molar-refractivity contribution is 7.97. The van der Waals surface area contributed by atoms with E-state index in [-0.39, 0.29) is 5.56 Å². The lowest BCUT2D eigenvalue weighted by Gasteiger charge is -2.18. The smallest absolute Gasteiger partial charge is 0.132 e. The van der Waals surface area contributed by atoms with Crippen molar-refractivity contribution in [2.45, 2.75) is 13.5 Å². The molecule has 1 aromatic rings. The monoisotopic (exact) mass is 287 g/mol. The second-order valence-electron chi connectivity index (χ2n) is 4.81. The topological polar surface area (TPSA) is 9.72 Å². The number of halogens is 2. The van der Waals surface area contributed by atoms with Crippen molar-refractivity contribution in [2.24, 2.45) is 0 Å². The summed E-state index contributed by atoms with van der Waals surface area (Å²) in [6, 6.07) is 2.78. The van der Waals surface area contributed by atoms with Gasteiger partial charge in [0.1, 0.15) is 11.6 Å². The lowest BCUT2D eigenvalue weighted by molar-refractivity contribution is 0.255. The van der Waals surface area contributed by atoms with Crippen molar-refractivity contribution in [1.29, 1.82) is 0 Å². The maximum Gasteiger partial charge on any atom is 0.132 e. The van der Waals surface area contributed by atoms with Crippen molar-refractivity contribution in [3.05, 3.63) is 29.3 Å². The van der Waals surface area contributed by atoms with Crippen LogP contribution in [-0.4, -0.2) is 42.4 Å². The first-order chi connectivity index (χ1) is 9.01. The van der Waals surface area contributed by atoms with Gasteiger partial charge in [-0.3, -0.25) is 4.90 Å². The zero-order valence-electron chi connectivity index (χ0n) is 11.5. The van der Waals surface area contributed by atoms with E-state index >= 15 is 0 Å². The van der Waals surface area contributed by atoms with Crippen LogP contribution in [0.1, 0.15) is 12.5 Å². The summed E-state index contributed by atoms with van der Waals surface area (Å²) in [7, 11) is 3.54. The van der Waals surface area contributed by atoms with Crippen LogP contribution < -0.4 is 4.90 Å². The lowest BCUT2D eigenvalue weighted by atomic mass is 10.1. The quantitative estimate of drug-likeness (QED) is 0.787. The number of rotatable bonds is 4. The normalized spacial score (nSPS) is 17.1. The SMILES string of the molecule is CCN1CN(Cc2c(F)cc(N(C)C)cc2F)CS1. The summed E-state index contributed by atoms with van der Waals surface area (Å²) in [5.74, 6) is -0.158. The van der Waals surface area contributed by atoms with Crippen LogP contribution in [0.5, 0.6) is 0 Å². The van der Waals surface area contributed by atoms with Crippen LogP contribution in [0.3, 0.4) is 0 Å². The average Bonchev–Trinajstić information content (AvgIpc) is 2.81. The molecule has 1 aromatic carbocycles. The fourth-order valence-electron chi connectivity index (χ4n) is 1.98. The zero-order valence-corrected chi connectivity index (χ0v) is 12.3. The molecule has 1 fully saturated rings. The molecule has 0 bridgehead atoms. The van der Waals surface area contributed by atoms with E-state index in [9.17, 15) is 8.78 Å². The van der Waals surface area contributed by atoms with Crippen molar-refractivity contribution < 1.29 is 8.78 Å². The van der Waals surface area contributed by atoms with Crippen molar-refractivity contribution in [3.8, 4) is 0 Å². The highest BCUT2D eigenvalue weighted by Crippen LogP contribution is 2.26. The summed E-state index contributed by atoms with van der Waals surface area (Å²) in [5, 5.41) is 0. The van der Waals surface area contributed by atoms with Crippen LogP contribution in [-0.2, 0) is 6.54 Å². The number of hydrogen-bond donors (Lipinski definition) is 0. The molecule has 1 saturated heterocycles. The minimum absolute atomic E-state index is 0.157. The molecule has 0 aromatic heterocycles. The lowest BCUT2D eigenvalue weighted by Crippen LogP contribution is -2.25. The van der Waals surface area contributed by atoms with Gasteiger partial charge in [0.15, 0.2) is 0 Å². The van der Waals surface area contributed by atoms with Crippen molar-refractivity contribution in [1.82, 2.24) is 9.21 Å². The third-order valence-corrected chi connectivity index (χ3v) is 4.38. The summed E-state index contributed by atoms with van der Waals surface area (Å²) in [4.78, 5) is 3.73. The fourth-order valence-corrected chi connectivity index (χ4v) is 2.90. The predicted octanol–water partition coefficient (Wildman–Crippen LogP) is 2.73. The third-order valence-electron chi connectivity index (χ3n) is 3.16. The molecule has 19 heavy (non-hydrogen) atoms. The first kappa shape index (κ1) is 14.6. The molecule has 0 atom stereocenters. The van der Waals surface area contributed by atoms with Crippen molar-refractivity contribution in [3.63, 3.8) is 0 Å². The predicted molar refractivity (Wildman–Crippen MR) is 75.9 cm³/mol. The van der Waals surface area contributed by atoms with Gasteiger partial charge in [-0.15, -0.1) is 0 Å². The molecule has 0 unspecified atom stereocenters. The summed E-state index contributed by atoms with van der Waals surface area (Å²) < 4.78 is 30.2. The van der Waals surface area contributed by atoms with E-state index in [1.165, 1.54) is 12.1 Å². The number of nitrogens with zero attached hydrogens (tertiary/aromatic N) is 3. The van der Waals surface area contributed by atoms with Crippen LogP contribution in [0, 0.1) is 11.6 Å². The van der Waals surface area contributed by atoms with Crippen LogP contribution in [0.15, 0.2) is 12.1 Å². The molecule has 1 heterocycles. The first-order valence-electron chi connectivity index (χ1n) is 6.26. The van der Waals surface area contributed by atoms with Gasteiger partial charge in [-0.2, -0.15) is 0 Å². The minimum atomic E-state index is -0.469. The minimum Gasteiger partial charge on any atom is -0.377 e. The molecule has 106 valence electrons. The Balaban J connectivity index is 2.13. The Labute approximate surface area is 117 Å². The van der Waals surface area contributed by atoms with E-state index in [4.69, 9.17) is 0 Å². The Kier molecular flexibility index (Phi) is 4.65. The summed E-state index contributed by atoms with van der Waals surface area (Å²) in [6.07, 6.45) is 0. The van der Waals surface area contributed by atoms with E-state index in [2.05, 4.69) is 11.2 Å². The second-order valence-corrected chi connectivity index (χ2v) is 5.84. The van der Waals surface area contributed by atoms with Gasteiger partial charge in [-0.25, -0.2) is 13.1 Å². The van der Waals surface area contributed by atoms with E-state index in [0.29, 0.717) is 12.2 Å². The Morgan fingerprint density at radius 2 is 1.89 bits per heavy atom. The van der Waals surface area contributed by atoms with Crippen LogP contribution >= 0.6 is 11.9 Å². The first-order valence-corrected chi connectivity index (χ1v) is 7.21. The van der Waals surface area contributed by atoms with Gasteiger partial charge in [-0.05, 0) is 12.1 Å². The van der Waals surface area contributed by atoms with Gasteiger partial charge in [0, 0.05) is 38.4 Å². The molecular weight excluding hydrogens is 268 g/mol. The van der Waals surface area contributed by atoms with Gasteiger partial charge in [0.05, 0.1) is 12.5 Å². The molecule has 0 N–H and O–H groups in total. The molecule has 0 radical (unpaired) electrons. The molecule has 6 heteroatoms. The molecule has 0 saturated carbocycles. The van der Waals surface area contributed by atoms with E-state index < -0.39 is 11.6 Å².